The number of ether oxygens (including phenoxy) is 1. The Hall–Kier alpha value is -3.05. The lowest BCUT2D eigenvalue weighted by molar-refractivity contribution is -0.113. The molecule has 0 spiro atoms. The normalized spacial score (nSPS) is 21.6. The van der Waals surface area contributed by atoms with Gasteiger partial charge in [-0.05, 0) is 24.1 Å². The molecule has 1 aliphatic carbocycles. The van der Waals surface area contributed by atoms with E-state index in [9.17, 15) is 9.59 Å². The van der Waals surface area contributed by atoms with E-state index in [1.165, 1.54) is 0 Å². The Morgan fingerprint density at radius 1 is 1.42 bits per heavy atom. The number of hydrogen-bond acceptors (Lipinski definition) is 8. The van der Waals surface area contributed by atoms with Crippen LogP contribution in [0.4, 0.5) is 0 Å². The van der Waals surface area contributed by atoms with Crippen LogP contribution in [-0.2, 0) is 16.0 Å². The van der Waals surface area contributed by atoms with Crippen molar-refractivity contribution in [3.05, 3.63) is 40.3 Å². The molecule has 3 N–H and O–H groups in total. The monoisotopic (exact) mass is 446 g/mol. The molecule has 2 aromatic heterocycles. The number of H-pyrrole nitrogens is 2. The van der Waals surface area contributed by atoms with Gasteiger partial charge in [-0.25, -0.2) is 4.98 Å². The third-order valence-corrected chi connectivity index (χ3v) is 5.78. The summed E-state index contributed by atoms with van der Waals surface area (Å²) in [5.74, 6) is 0.247. The lowest BCUT2D eigenvalue weighted by atomic mass is 9.97. The van der Waals surface area contributed by atoms with Crippen molar-refractivity contribution in [2.24, 2.45) is 0 Å². The summed E-state index contributed by atoms with van der Waals surface area (Å²) in [6, 6.07) is -0.205. The summed E-state index contributed by atoms with van der Waals surface area (Å²) in [6.07, 6.45) is 4.77. The van der Waals surface area contributed by atoms with Gasteiger partial charge in [-0.15, -0.1) is 10.2 Å². The Labute approximate surface area is 183 Å². The molecule has 0 radical (unpaired) electrons. The number of carbonyl (C=O) groups is 2. The average molecular weight is 447 g/mol. The molecule has 2 aromatic rings. The van der Waals surface area contributed by atoms with Crippen LogP contribution in [0.3, 0.4) is 0 Å². The van der Waals surface area contributed by atoms with Crippen molar-refractivity contribution in [1.82, 2.24) is 40.8 Å². The van der Waals surface area contributed by atoms with Crippen molar-refractivity contribution in [3.63, 3.8) is 0 Å². The Morgan fingerprint density at radius 2 is 2.26 bits per heavy atom. The zero-order chi connectivity index (χ0) is 22.0. The molecule has 1 amide bonds. The van der Waals surface area contributed by atoms with Gasteiger partial charge >= 0.3 is 0 Å². The second kappa shape index (κ2) is 8.98. The number of amides is 1. The minimum atomic E-state index is -0.326. The number of aromatic nitrogens is 6. The van der Waals surface area contributed by atoms with Gasteiger partial charge < -0.3 is 19.9 Å². The van der Waals surface area contributed by atoms with E-state index in [2.05, 4.69) is 40.8 Å². The largest absolute Gasteiger partial charge is 0.377 e. The fraction of sp³-hybridized carbons (Fsp3) is 0.474. The Kier molecular flexibility index (Phi) is 6.14. The summed E-state index contributed by atoms with van der Waals surface area (Å²) >= 11 is 6.05. The average Bonchev–Trinajstić information content (AvgIpc) is 3.43. The van der Waals surface area contributed by atoms with Crippen molar-refractivity contribution in [3.8, 4) is 0 Å². The first-order valence-electron chi connectivity index (χ1n) is 10.00. The molecule has 12 heteroatoms. The Balaban J connectivity index is 1.44. The number of carbonyl (C=O) groups excluding carboxylic acids is 2. The van der Waals surface area contributed by atoms with Gasteiger partial charge in [-0.3, -0.25) is 9.59 Å². The first kappa shape index (κ1) is 21.2. The van der Waals surface area contributed by atoms with Gasteiger partial charge in [0.25, 0.3) is 5.91 Å². The van der Waals surface area contributed by atoms with Crippen LogP contribution in [-0.4, -0.2) is 79.5 Å². The van der Waals surface area contributed by atoms with Gasteiger partial charge in [0, 0.05) is 44.0 Å². The topological polar surface area (TPSA) is 142 Å². The fourth-order valence-corrected chi connectivity index (χ4v) is 4.09. The Morgan fingerprint density at radius 3 is 2.94 bits per heavy atom. The van der Waals surface area contributed by atoms with Gasteiger partial charge in [0.2, 0.25) is 5.82 Å². The predicted octanol–water partition coefficient (Wildman–Crippen LogP) is 0.898. The third kappa shape index (κ3) is 4.52. The van der Waals surface area contributed by atoms with E-state index in [1.54, 1.807) is 13.2 Å². The van der Waals surface area contributed by atoms with Crippen LogP contribution < -0.4 is 5.32 Å². The van der Waals surface area contributed by atoms with E-state index < -0.39 is 0 Å². The number of imidazole rings is 1. The third-order valence-electron chi connectivity index (χ3n) is 5.47. The van der Waals surface area contributed by atoms with Gasteiger partial charge in [-0.2, -0.15) is 5.21 Å². The molecule has 0 bridgehead atoms. The highest BCUT2D eigenvalue weighted by molar-refractivity contribution is 6.30. The van der Waals surface area contributed by atoms with E-state index in [0.29, 0.717) is 42.5 Å². The quantitative estimate of drug-likeness (QED) is 0.594. The van der Waals surface area contributed by atoms with Crippen LogP contribution in [0.25, 0.3) is 5.57 Å². The number of aromatic amines is 2. The summed E-state index contributed by atoms with van der Waals surface area (Å²) in [5, 5.41) is 17.2. The molecule has 1 fully saturated rings. The maximum atomic E-state index is 12.6. The number of halogens is 1. The number of nitrogens with one attached hydrogen (secondary N) is 3. The van der Waals surface area contributed by atoms with Gasteiger partial charge in [0.05, 0.1) is 17.8 Å². The predicted molar refractivity (Wildman–Crippen MR) is 111 cm³/mol. The number of tetrazole rings is 1. The SMILES string of the molecule is CCc1[nH]c(C(=O)N[C@@H]2CCN(C3=CC(=O)CC(c4nn[nH]n4)=C3)C[C@@H]2OC)nc1Cl. The summed E-state index contributed by atoms with van der Waals surface area (Å²) in [7, 11) is 1.60. The highest BCUT2D eigenvalue weighted by Gasteiger charge is 2.33. The van der Waals surface area contributed by atoms with Gasteiger partial charge in [-0.1, -0.05) is 18.5 Å². The highest BCUT2D eigenvalue weighted by atomic mass is 35.5. The maximum absolute atomic E-state index is 12.6. The lowest BCUT2D eigenvalue weighted by Gasteiger charge is -2.40. The first-order chi connectivity index (χ1) is 15.0. The number of methoxy groups -OCH3 is 1. The minimum Gasteiger partial charge on any atom is -0.377 e. The number of likely N-dealkylation sites (tertiary alicyclic amines) is 1. The summed E-state index contributed by atoms with van der Waals surface area (Å²) in [5.41, 5.74) is 2.21. The number of hydrogen-bond donors (Lipinski definition) is 3. The van der Waals surface area contributed by atoms with Crippen molar-refractivity contribution >= 4 is 28.9 Å². The molecule has 0 saturated carbocycles. The number of ketones is 1. The second-order valence-corrected chi connectivity index (χ2v) is 7.77. The number of rotatable bonds is 6. The van der Waals surface area contributed by atoms with Crippen molar-refractivity contribution in [2.45, 2.75) is 38.3 Å². The lowest BCUT2D eigenvalue weighted by Crippen LogP contribution is -2.54. The van der Waals surface area contributed by atoms with E-state index in [-0.39, 0.29) is 36.1 Å². The molecule has 1 saturated heterocycles. The van der Waals surface area contributed by atoms with Crippen LogP contribution in [0.1, 0.15) is 41.9 Å². The molecular formula is C19H23ClN8O3. The fourth-order valence-electron chi connectivity index (χ4n) is 3.82. The molecule has 164 valence electrons. The highest BCUT2D eigenvalue weighted by Crippen LogP contribution is 2.27. The number of aryl methyl sites for hydroxylation is 1. The van der Waals surface area contributed by atoms with Crippen LogP contribution >= 0.6 is 11.6 Å². The zero-order valence-corrected chi connectivity index (χ0v) is 17.9. The molecule has 1 aliphatic heterocycles. The Bertz CT molecular complexity index is 1030. The molecule has 31 heavy (non-hydrogen) atoms. The second-order valence-electron chi connectivity index (χ2n) is 7.41. The standard InChI is InChI=1S/C19H23ClN8O3/c1-3-13-16(20)23-18(21-13)19(30)22-14-4-5-28(9-15(14)31-2)11-6-10(7-12(29)8-11)17-24-26-27-25-17/h6,8,14-15H,3-5,7,9H2,1-2H3,(H,21,23)(H,22,30)(H,24,25,26,27)/t14-,15+/m1/s1. The number of piperidine rings is 1. The molecule has 4 rings (SSSR count). The molecule has 0 unspecified atom stereocenters. The summed E-state index contributed by atoms with van der Waals surface area (Å²) in [6.45, 7) is 3.08. The minimum absolute atomic E-state index is 0.0249. The summed E-state index contributed by atoms with van der Waals surface area (Å²) in [4.78, 5) is 34.0. The first-order valence-corrected chi connectivity index (χ1v) is 10.4. The number of allylic oxidation sites excluding steroid dienone is 3. The summed E-state index contributed by atoms with van der Waals surface area (Å²) < 4.78 is 5.65. The molecule has 2 aliphatic rings. The van der Waals surface area contributed by atoms with Crippen molar-refractivity contribution < 1.29 is 14.3 Å². The van der Waals surface area contributed by atoms with Crippen LogP contribution in [0.2, 0.25) is 5.15 Å². The molecule has 3 heterocycles. The molecule has 0 aromatic carbocycles. The van der Waals surface area contributed by atoms with Crippen LogP contribution in [0.15, 0.2) is 17.8 Å². The van der Waals surface area contributed by atoms with Gasteiger partial charge in [0.1, 0.15) is 0 Å². The van der Waals surface area contributed by atoms with Crippen LogP contribution in [0, 0.1) is 0 Å². The maximum Gasteiger partial charge on any atom is 0.287 e. The van der Waals surface area contributed by atoms with Crippen LogP contribution in [0.5, 0.6) is 0 Å². The smallest absolute Gasteiger partial charge is 0.287 e. The van der Waals surface area contributed by atoms with Crippen molar-refractivity contribution in [1.29, 1.82) is 0 Å². The zero-order valence-electron chi connectivity index (χ0n) is 17.2. The van der Waals surface area contributed by atoms with E-state index in [1.807, 2.05) is 13.0 Å². The van der Waals surface area contributed by atoms with E-state index >= 15 is 0 Å². The van der Waals surface area contributed by atoms with Gasteiger partial charge in [0.15, 0.2) is 16.8 Å². The number of nitrogens with zero attached hydrogens (tertiary/aromatic N) is 5. The molecular weight excluding hydrogens is 424 g/mol. The van der Waals surface area contributed by atoms with E-state index in [4.69, 9.17) is 16.3 Å². The van der Waals surface area contributed by atoms with Crippen molar-refractivity contribution in [2.75, 3.05) is 20.2 Å². The molecule has 2 atom stereocenters. The van der Waals surface area contributed by atoms with E-state index in [0.717, 1.165) is 11.4 Å². The molecule has 11 nitrogen and oxygen atoms in total.